The zero-order valence-corrected chi connectivity index (χ0v) is 22.1. The van der Waals surface area contributed by atoms with Crippen LogP contribution in [0.1, 0.15) is 27.7 Å². The van der Waals surface area contributed by atoms with Crippen molar-refractivity contribution < 1.29 is 45.3 Å². The van der Waals surface area contributed by atoms with Crippen LogP contribution in [0.3, 0.4) is 0 Å². The first-order valence-electron chi connectivity index (χ1n) is 10.7. The highest BCUT2D eigenvalue weighted by Gasteiger charge is 2.41. The van der Waals surface area contributed by atoms with Crippen LogP contribution in [0, 0.1) is 0 Å². The molecule has 1 aromatic carbocycles. The average Bonchev–Trinajstić information content (AvgIpc) is 2.73. The lowest BCUT2D eigenvalue weighted by molar-refractivity contribution is -0.874. The lowest BCUT2D eigenvalue weighted by atomic mass is 10.2. The number of ketones is 1. The molecule has 0 saturated carbocycles. The minimum Gasteiger partial charge on any atom is -0.441 e. The molecule has 35 heavy (non-hydrogen) atoms. The number of hydrogen-bond acceptors (Lipinski definition) is 10. The van der Waals surface area contributed by atoms with E-state index in [1.807, 2.05) is 4.90 Å². The Labute approximate surface area is 205 Å². The van der Waals surface area contributed by atoms with Crippen molar-refractivity contribution >= 4 is 38.1 Å². The van der Waals surface area contributed by atoms with Crippen LogP contribution in [0.15, 0.2) is 34.1 Å². The van der Waals surface area contributed by atoms with Gasteiger partial charge in [-0.05, 0) is 39.8 Å². The maximum Gasteiger partial charge on any atom is 0.449 e. The third-order valence-corrected chi connectivity index (χ3v) is 8.00. The summed E-state index contributed by atoms with van der Waals surface area (Å²) in [5.41, 5.74) is -1.10. The van der Waals surface area contributed by atoms with Crippen molar-refractivity contribution in [2.75, 3.05) is 45.7 Å². The summed E-state index contributed by atoms with van der Waals surface area (Å²) < 4.78 is 56.2. The molecule has 1 aliphatic heterocycles. The number of carbonyl (C=O) groups excluding carboxylic acids is 3. The van der Waals surface area contributed by atoms with Gasteiger partial charge in [0.25, 0.3) is 10.0 Å². The normalized spacial score (nSPS) is 16.9. The number of Topliss-reactive ketones (excluding diaryl/α,β-unsaturated/α-hetero) is 1. The SMILES string of the molecule is CC(=O)CN1CC[N+](C=O)(CON(C(=O)OC(C)(C)C)S(=O)(=O)c2ccccc2S(C)(=O)=O)CC1. The van der Waals surface area contributed by atoms with Crippen molar-refractivity contribution in [3.8, 4) is 0 Å². The highest BCUT2D eigenvalue weighted by molar-refractivity contribution is 7.93. The molecule has 1 saturated heterocycles. The van der Waals surface area contributed by atoms with Gasteiger partial charge in [0.2, 0.25) is 6.73 Å². The van der Waals surface area contributed by atoms with Crippen molar-refractivity contribution in [1.29, 1.82) is 0 Å². The van der Waals surface area contributed by atoms with E-state index in [2.05, 4.69) is 0 Å². The van der Waals surface area contributed by atoms with E-state index in [-0.39, 0.29) is 34.4 Å². The Morgan fingerprint density at radius 2 is 1.63 bits per heavy atom. The molecule has 1 aliphatic rings. The van der Waals surface area contributed by atoms with E-state index in [0.717, 1.165) is 18.4 Å². The molecule has 2 amide bonds. The van der Waals surface area contributed by atoms with Gasteiger partial charge in [0.1, 0.15) is 29.4 Å². The van der Waals surface area contributed by atoms with E-state index in [9.17, 15) is 31.2 Å². The predicted octanol–water partition coefficient (Wildman–Crippen LogP) is 0.783. The van der Waals surface area contributed by atoms with Crippen LogP contribution in [-0.2, 0) is 39.0 Å². The lowest BCUT2D eigenvalue weighted by Gasteiger charge is -2.39. The van der Waals surface area contributed by atoms with Crippen LogP contribution in [0.5, 0.6) is 0 Å². The van der Waals surface area contributed by atoms with Crippen LogP contribution in [0.2, 0.25) is 0 Å². The predicted molar refractivity (Wildman–Crippen MR) is 124 cm³/mol. The molecular weight excluding hydrogens is 502 g/mol. The van der Waals surface area contributed by atoms with E-state index >= 15 is 0 Å². The number of amides is 2. The zero-order chi connectivity index (χ0) is 26.7. The first-order chi connectivity index (χ1) is 16.0. The molecule has 2 rings (SSSR count). The average molecular weight is 535 g/mol. The smallest absolute Gasteiger partial charge is 0.441 e. The van der Waals surface area contributed by atoms with Crippen molar-refractivity contribution in [2.24, 2.45) is 0 Å². The third-order valence-electron chi connectivity index (χ3n) is 5.11. The first kappa shape index (κ1) is 28.8. The molecule has 14 heteroatoms. The monoisotopic (exact) mass is 534 g/mol. The van der Waals surface area contributed by atoms with Crippen LogP contribution in [0.25, 0.3) is 0 Å². The highest BCUT2D eigenvalue weighted by Crippen LogP contribution is 2.26. The van der Waals surface area contributed by atoms with Gasteiger partial charge in [-0.1, -0.05) is 16.6 Å². The van der Waals surface area contributed by atoms with Gasteiger partial charge in [0.15, 0.2) is 9.84 Å². The summed E-state index contributed by atoms with van der Waals surface area (Å²) in [4.78, 5) is 42.3. The Kier molecular flexibility index (Phi) is 8.82. The van der Waals surface area contributed by atoms with Crippen molar-refractivity contribution in [3.05, 3.63) is 24.3 Å². The van der Waals surface area contributed by atoms with E-state index in [4.69, 9.17) is 9.57 Å². The van der Waals surface area contributed by atoms with Crippen LogP contribution < -0.4 is 0 Å². The van der Waals surface area contributed by atoms with Crippen LogP contribution >= 0.6 is 0 Å². The second-order valence-electron chi connectivity index (χ2n) is 9.44. The molecule has 0 radical (unpaired) electrons. The molecule has 0 N–H and O–H groups in total. The zero-order valence-electron chi connectivity index (χ0n) is 20.5. The van der Waals surface area contributed by atoms with Gasteiger partial charge in [-0.3, -0.25) is 9.69 Å². The number of benzene rings is 1. The molecule has 12 nitrogen and oxygen atoms in total. The topological polar surface area (TPSA) is 144 Å². The molecule has 0 aromatic heterocycles. The van der Waals surface area contributed by atoms with Crippen LogP contribution in [-0.4, -0.2) is 100 Å². The Balaban J connectivity index is 2.40. The second-order valence-corrected chi connectivity index (χ2v) is 13.1. The molecule has 196 valence electrons. The second kappa shape index (κ2) is 10.7. The largest absolute Gasteiger partial charge is 0.449 e. The summed E-state index contributed by atoms with van der Waals surface area (Å²) in [6, 6.07) is 4.80. The van der Waals surface area contributed by atoms with E-state index in [0.29, 0.717) is 19.5 Å². The summed E-state index contributed by atoms with van der Waals surface area (Å²) >= 11 is 0. The maximum atomic E-state index is 13.5. The standard InChI is InChI=1S/C21H32N3O9S2/c1-17(26)14-22-10-12-24(15-25,13-11-22)16-32-23(20(27)33-21(2,3)4)35(30,31)19-9-7-6-8-18(19)34(5,28)29/h6-9,15H,10-14,16H2,1-5H3/q+1. The van der Waals surface area contributed by atoms with Crippen molar-refractivity contribution in [3.63, 3.8) is 0 Å². The number of hydrogen-bond donors (Lipinski definition) is 0. The number of sulfonamides is 1. The number of piperazine rings is 1. The fourth-order valence-corrected chi connectivity index (χ4v) is 6.09. The maximum absolute atomic E-state index is 13.5. The van der Waals surface area contributed by atoms with Gasteiger partial charge in [0.05, 0.1) is 11.4 Å². The molecular formula is C21H32N3O9S2+. The van der Waals surface area contributed by atoms with Crippen LogP contribution in [0.4, 0.5) is 4.79 Å². The number of quaternary nitrogens is 1. The van der Waals surface area contributed by atoms with Gasteiger partial charge in [-0.2, -0.15) is 13.3 Å². The summed E-state index contributed by atoms with van der Waals surface area (Å²) in [6.07, 6.45) is 0.0443. The Morgan fingerprint density at radius 3 is 2.09 bits per heavy atom. The molecule has 0 bridgehead atoms. The fraction of sp³-hybridized carbons (Fsp3) is 0.571. The van der Waals surface area contributed by atoms with Gasteiger partial charge < -0.3 is 4.74 Å². The Bertz CT molecular complexity index is 1170. The van der Waals surface area contributed by atoms with Gasteiger partial charge in [0, 0.05) is 19.3 Å². The van der Waals surface area contributed by atoms with Crippen molar-refractivity contribution in [1.82, 2.24) is 9.37 Å². The summed E-state index contributed by atoms with van der Waals surface area (Å²) in [5, 5.41) is 0. The molecule has 0 aliphatic carbocycles. The fourth-order valence-electron chi connectivity index (χ4n) is 3.39. The van der Waals surface area contributed by atoms with Gasteiger partial charge in [-0.25, -0.2) is 22.5 Å². The summed E-state index contributed by atoms with van der Waals surface area (Å²) in [7, 11) is -8.86. The number of sulfone groups is 1. The number of ether oxygens (including phenoxy) is 1. The molecule has 1 heterocycles. The Hall–Kier alpha value is -2.39. The lowest BCUT2D eigenvalue weighted by Crippen LogP contribution is -2.61. The summed E-state index contributed by atoms with van der Waals surface area (Å²) in [6.45, 7) is 6.87. The minimum absolute atomic E-state index is 0.00624. The molecule has 0 spiro atoms. The highest BCUT2D eigenvalue weighted by atomic mass is 32.2. The van der Waals surface area contributed by atoms with E-state index in [1.165, 1.54) is 39.8 Å². The summed E-state index contributed by atoms with van der Waals surface area (Å²) in [5.74, 6) is -0.0286. The van der Waals surface area contributed by atoms with Crippen molar-refractivity contribution in [2.45, 2.75) is 43.1 Å². The third kappa shape index (κ3) is 7.54. The number of carbonyl (C=O) groups is 3. The minimum atomic E-state index is -4.87. The quantitative estimate of drug-likeness (QED) is 0.253. The molecule has 1 fully saturated rings. The van der Waals surface area contributed by atoms with E-state index in [1.54, 1.807) is 0 Å². The first-order valence-corrected chi connectivity index (χ1v) is 14.1. The van der Waals surface area contributed by atoms with E-state index < -0.39 is 48.1 Å². The molecule has 0 unspecified atom stereocenters. The Morgan fingerprint density at radius 1 is 1.09 bits per heavy atom. The molecule has 1 aromatic rings. The number of nitrogens with zero attached hydrogens (tertiary/aromatic N) is 3. The van der Waals surface area contributed by atoms with Gasteiger partial charge >= 0.3 is 12.5 Å². The number of rotatable bonds is 9. The number of hydroxylamine groups is 1. The van der Waals surface area contributed by atoms with Gasteiger partial charge in [-0.15, -0.1) is 0 Å². The molecule has 0 atom stereocenters.